The Morgan fingerprint density at radius 1 is 1.31 bits per heavy atom. The summed E-state index contributed by atoms with van der Waals surface area (Å²) < 4.78 is 2.22. The number of rotatable bonds is 1. The van der Waals surface area contributed by atoms with Crippen molar-refractivity contribution in [3.8, 4) is 0 Å². The van der Waals surface area contributed by atoms with Gasteiger partial charge in [0.15, 0.2) is 17.0 Å². The molecule has 0 spiro atoms. The predicted molar refractivity (Wildman–Crippen MR) is 57.8 cm³/mol. The molecule has 8 heteroatoms. The number of aryl methyl sites for hydroxylation is 1. The fourth-order valence-corrected chi connectivity index (χ4v) is 1.40. The van der Waals surface area contributed by atoms with Crippen LogP contribution < -0.4 is 22.5 Å². The zero-order chi connectivity index (χ0) is 11.9. The maximum atomic E-state index is 11.7. The fourth-order valence-electron chi connectivity index (χ4n) is 1.40. The van der Waals surface area contributed by atoms with Crippen LogP contribution in [-0.2, 0) is 14.1 Å². The minimum atomic E-state index is -0.498. The zero-order valence-corrected chi connectivity index (χ0v) is 8.76. The maximum Gasteiger partial charge on any atom is 0.332 e. The van der Waals surface area contributed by atoms with Crippen molar-refractivity contribution in [1.29, 1.82) is 0 Å². The molecule has 0 atom stereocenters. The number of nitrogen functional groups attached to an aromatic ring is 1. The Morgan fingerprint density at radius 2 is 2.00 bits per heavy atom. The third-order valence-electron chi connectivity index (χ3n) is 2.30. The van der Waals surface area contributed by atoms with E-state index in [0.717, 1.165) is 4.57 Å². The van der Waals surface area contributed by atoms with E-state index in [4.69, 9.17) is 5.84 Å². The van der Waals surface area contributed by atoms with Gasteiger partial charge in [0.05, 0.1) is 6.20 Å². The van der Waals surface area contributed by atoms with Crippen LogP contribution in [-0.4, -0.2) is 19.1 Å². The summed E-state index contributed by atoms with van der Waals surface area (Å²) in [6, 6.07) is 0. The van der Waals surface area contributed by atoms with Gasteiger partial charge in [-0.25, -0.2) is 20.6 Å². The number of nitrogens with zero attached hydrogens (tertiary/aromatic N) is 4. The molecule has 0 saturated heterocycles. The number of nitrogens with two attached hydrogens (primary N) is 1. The van der Waals surface area contributed by atoms with Crippen molar-refractivity contribution < 1.29 is 0 Å². The molecule has 16 heavy (non-hydrogen) atoms. The van der Waals surface area contributed by atoms with Gasteiger partial charge in [0.25, 0.3) is 5.56 Å². The number of hydrazine groups is 1. The van der Waals surface area contributed by atoms with Crippen LogP contribution in [0.3, 0.4) is 0 Å². The van der Waals surface area contributed by atoms with E-state index < -0.39 is 11.2 Å². The van der Waals surface area contributed by atoms with Crippen molar-refractivity contribution in [2.75, 3.05) is 5.43 Å². The molecule has 0 aliphatic rings. The molecule has 0 aliphatic carbocycles. The molecule has 0 bridgehead atoms. The maximum absolute atomic E-state index is 11.7. The lowest BCUT2D eigenvalue weighted by Crippen LogP contribution is -2.37. The van der Waals surface area contributed by atoms with Crippen LogP contribution in [0.5, 0.6) is 0 Å². The Bertz CT molecular complexity index is 671. The molecule has 2 aromatic heterocycles. The van der Waals surface area contributed by atoms with Gasteiger partial charge < -0.3 is 5.43 Å². The summed E-state index contributed by atoms with van der Waals surface area (Å²) >= 11 is 0. The highest BCUT2D eigenvalue weighted by Crippen LogP contribution is 2.04. The van der Waals surface area contributed by atoms with E-state index in [-0.39, 0.29) is 17.0 Å². The van der Waals surface area contributed by atoms with Gasteiger partial charge in [-0.15, -0.1) is 0 Å². The average Bonchev–Trinajstić information content (AvgIpc) is 2.33. The molecule has 3 N–H and O–H groups in total. The van der Waals surface area contributed by atoms with Gasteiger partial charge in [-0.3, -0.25) is 13.9 Å². The quantitative estimate of drug-likeness (QED) is 0.440. The Hall–Kier alpha value is -2.22. The van der Waals surface area contributed by atoms with E-state index >= 15 is 0 Å². The summed E-state index contributed by atoms with van der Waals surface area (Å²) in [7, 11) is 2.91. The van der Waals surface area contributed by atoms with Crippen LogP contribution >= 0.6 is 0 Å². The SMILES string of the molecule is Cn1c(=O)c2nc(NN)cnc2n(C)c1=O. The van der Waals surface area contributed by atoms with Gasteiger partial charge in [0.2, 0.25) is 0 Å². The first-order valence-electron chi connectivity index (χ1n) is 4.45. The molecule has 0 amide bonds. The standard InChI is InChI=1S/C8H10N6O2/c1-13-6-5(7(15)14(2)8(13)16)11-4(12-9)3-10-6/h3H,9H2,1-2H3,(H,11,12). The number of anilines is 1. The third-order valence-corrected chi connectivity index (χ3v) is 2.30. The lowest BCUT2D eigenvalue weighted by atomic mass is 10.5. The van der Waals surface area contributed by atoms with Gasteiger partial charge >= 0.3 is 5.69 Å². The van der Waals surface area contributed by atoms with Crippen molar-refractivity contribution in [2.45, 2.75) is 0 Å². The van der Waals surface area contributed by atoms with E-state index in [1.54, 1.807) is 0 Å². The summed E-state index contributed by atoms with van der Waals surface area (Å²) in [5, 5.41) is 0. The summed E-state index contributed by atoms with van der Waals surface area (Å²) in [5.41, 5.74) is 1.68. The molecule has 2 heterocycles. The largest absolute Gasteiger partial charge is 0.332 e. The predicted octanol–water partition coefficient (Wildman–Crippen LogP) is -1.69. The van der Waals surface area contributed by atoms with Crippen molar-refractivity contribution >= 4 is 17.0 Å². The van der Waals surface area contributed by atoms with Crippen LogP contribution in [0.15, 0.2) is 15.8 Å². The fraction of sp³-hybridized carbons (Fsp3) is 0.250. The zero-order valence-electron chi connectivity index (χ0n) is 8.76. The Kier molecular flexibility index (Phi) is 2.20. The second-order valence-corrected chi connectivity index (χ2v) is 3.28. The van der Waals surface area contributed by atoms with Crippen LogP contribution in [0.4, 0.5) is 5.82 Å². The first kappa shape index (κ1) is 10.3. The smallest absolute Gasteiger partial charge is 0.307 e. The van der Waals surface area contributed by atoms with Crippen molar-refractivity contribution in [3.63, 3.8) is 0 Å². The van der Waals surface area contributed by atoms with Gasteiger partial charge in [0.1, 0.15) is 0 Å². The number of nitrogens with one attached hydrogen (secondary N) is 1. The second kappa shape index (κ2) is 3.42. The van der Waals surface area contributed by atoms with Crippen molar-refractivity contribution in [2.24, 2.45) is 19.9 Å². The molecular weight excluding hydrogens is 212 g/mol. The first-order valence-corrected chi connectivity index (χ1v) is 4.45. The van der Waals surface area contributed by atoms with Crippen LogP contribution in [0, 0.1) is 0 Å². The molecule has 0 radical (unpaired) electrons. The highest BCUT2D eigenvalue weighted by molar-refractivity contribution is 5.70. The minimum absolute atomic E-state index is 0.0973. The van der Waals surface area contributed by atoms with Crippen molar-refractivity contribution in [3.05, 3.63) is 27.0 Å². The molecule has 8 nitrogen and oxygen atoms in total. The minimum Gasteiger partial charge on any atom is -0.307 e. The molecule has 84 valence electrons. The number of aromatic nitrogens is 4. The van der Waals surface area contributed by atoms with Crippen LogP contribution in [0.25, 0.3) is 11.2 Å². The van der Waals surface area contributed by atoms with Gasteiger partial charge in [0, 0.05) is 14.1 Å². The number of hydrogen-bond donors (Lipinski definition) is 2. The van der Waals surface area contributed by atoms with Crippen molar-refractivity contribution in [1.82, 2.24) is 19.1 Å². The summed E-state index contributed by atoms with van der Waals surface area (Å²) in [6.07, 6.45) is 1.35. The molecule has 0 fully saturated rings. The van der Waals surface area contributed by atoms with Gasteiger partial charge in [-0.05, 0) is 0 Å². The monoisotopic (exact) mass is 222 g/mol. The topological polar surface area (TPSA) is 108 Å². The number of hydrogen-bond acceptors (Lipinski definition) is 6. The van der Waals surface area contributed by atoms with E-state index in [1.807, 2.05) is 0 Å². The Labute approximate surface area is 89.3 Å². The van der Waals surface area contributed by atoms with Crippen LogP contribution in [0.1, 0.15) is 0 Å². The van der Waals surface area contributed by atoms with Gasteiger partial charge in [-0.2, -0.15) is 0 Å². The molecule has 2 aromatic rings. The summed E-state index contributed by atoms with van der Waals surface area (Å²) in [5.74, 6) is 5.43. The van der Waals surface area contributed by atoms with Crippen LogP contribution in [0.2, 0.25) is 0 Å². The molecule has 0 saturated carbocycles. The van der Waals surface area contributed by atoms with E-state index in [1.165, 1.54) is 24.9 Å². The molecule has 0 aromatic carbocycles. The number of fused-ring (bicyclic) bond motifs is 1. The van der Waals surface area contributed by atoms with Gasteiger partial charge in [-0.1, -0.05) is 0 Å². The Morgan fingerprint density at radius 3 is 2.62 bits per heavy atom. The molecule has 0 unspecified atom stereocenters. The molecule has 2 rings (SSSR count). The highest BCUT2D eigenvalue weighted by Gasteiger charge is 2.10. The molecular formula is C8H10N6O2. The normalized spacial score (nSPS) is 10.7. The first-order chi connectivity index (χ1) is 7.56. The van der Waals surface area contributed by atoms with E-state index in [9.17, 15) is 9.59 Å². The average molecular weight is 222 g/mol. The third kappa shape index (κ3) is 1.27. The summed E-state index contributed by atoms with van der Waals surface area (Å²) in [4.78, 5) is 31.2. The Balaban J connectivity index is 3.03. The second-order valence-electron chi connectivity index (χ2n) is 3.28. The molecule has 0 aliphatic heterocycles. The van der Waals surface area contributed by atoms with E-state index in [0.29, 0.717) is 0 Å². The highest BCUT2D eigenvalue weighted by atomic mass is 16.2. The lowest BCUT2D eigenvalue weighted by molar-refractivity contribution is 0.704. The lowest BCUT2D eigenvalue weighted by Gasteiger charge is -2.06. The summed E-state index contributed by atoms with van der Waals surface area (Å²) in [6.45, 7) is 0. The van der Waals surface area contributed by atoms with E-state index in [2.05, 4.69) is 15.4 Å².